The van der Waals surface area contributed by atoms with Crippen LogP contribution < -0.4 is 10.1 Å². The Morgan fingerprint density at radius 3 is 2.76 bits per heavy atom. The van der Waals surface area contributed by atoms with Gasteiger partial charge in [0.2, 0.25) is 11.8 Å². The highest BCUT2D eigenvalue weighted by Gasteiger charge is 2.49. The number of nitrogens with zero attached hydrogens (tertiary/aromatic N) is 6. The van der Waals surface area contributed by atoms with Crippen molar-refractivity contribution in [3.05, 3.63) is 42.9 Å². The van der Waals surface area contributed by atoms with E-state index in [1.807, 2.05) is 37.4 Å². The van der Waals surface area contributed by atoms with E-state index in [0.717, 1.165) is 27.7 Å². The van der Waals surface area contributed by atoms with E-state index in [-0.39, 0.29) is 6.04 Å². The van der Waals surface area contributed by atoms with Crippen molar-refractivity contribution in [2.24, 2.45) is 0 Å². The van der Waals surface area contributed by atoms with Crippen molar-refractivity contribution in [1.82, 2.24) is 29.5 Å². The molecule has 0 amide bonds. The molecule has 2 aliphatic heterocycles. The number of methoxy groups -OCH3 is 1. The van der Waals surface area contributed by atoms with Gasteiger partial charge in [-0.2, -0.15) is 4.98 Å². The van der Waals surface area contributed by atoms with Gasteiger partial charge in [0, 0.05) is 37.2 Å². The van der Waals surface area contributed by atoms with Crippen LogP contribution in [0.1, 0.15) is 13.3 Å². The molecule has 3 aromatic heterocycles. The average Bonchev–Trinajstić information content (AvgIpc) is 3.39. The highest BCUT2D eigenvalue weighted by atomic mass is 19.1. The number of hydrogen-bond acceptors (Lipinski definition) is 8. The van der Waals surface area contributed by atoms with Crippen molar-refractivity contribution < 1.29 is 13.9 Å². The summed E-state index contributed by atoms with van der Waals surface area (Å²) >= 11 is 0. The van der Waals surface area contributed by atoms with Crippen molar-refractivity contribution in [1.29, 1.82) is 0 Å². The number of nitrogens with one attached hydrogen (secondary N) is 1. The average molecular weight is 464 g/mol. The molecule has 0 radical (unpaired) electrons. The molecule has 2 fully saturated rings. The Kier molecular flexibility index (Phi) is 5.07. The molecular formula is C24H26FN7O2. The van der Waals surface area contributed by atoms with Gasteiger partial charge in [-0.25, -0.2) is 8.91 Å². The lowest BCUT2D eigenvalue weighted by Gasteiger charge is -2.34. The third-order valence-corrected chi connectivity index (χ3v) is 6.99. The van der Waals surface area contributed by atoms with Crippen LogP contribution in [0.15, 0.2) is 42.9 Å². The summed E-state index contributed by atoms with van der Waals surface area (Å²) in [6.07, 6.45) is 5.62. The van der Waals surface area contributed by atoms with Crippen LogP contribution in [0.2, 0.25) is 0 Å². The van der Waals surface area contributed by atoms with Gasteiger partial charge in [0.25, 0.3) is 0 Å². The molecule has 176 valence electrons. The monoisotopic (exact) mass is 463 g/mol. The third-order valence-electron chi connectivity index (χ3n) is 6.99. The predicted molar refractivity (Wildman–Crippen MR) is 126 cm³/mol. The number of alkyl halides is 1. The van der Waals surface area contributed by atoms with Crippen molar-refractivity contribution in [3.63, 3.8) is 0 Å². The standard InChI is InChI=1S/C24H26FN7O2/c1-3-24(25)14-31(16-12-34-13-16)11-20(24)28-23-29-22(33-2)21-17(6-9-32(21)30-23)15-4-5-18-19(10-15)27-8-7-26-18/h4-10,16,20H,3,11-14H2,1-2H3,(H,28,30)/t20-,24?/m0/s1. The number of anilines is 1. The molecule has 4 aromatic rings. The number of aromatic nitrogens is 5. The molecule has 1 unspecified atom stereocenters. The van der Waals surface area contributed by atoms with Crippen LogP contribution in [-0.2, 0) is 4.74 Å². The van der Waals surface area contributed by atoms with Gasteiger partial charge in [0.15, 0.2) is 0 Å². The van der Waals surface area contributed by atoms with Crippen molar-refractivity contribution in [2.75, 3.05) is 38.7 Å². The van der Waals surface area contributed by atoms with E-state index in [0.29, 0.717) is 44.6 Å². The molecule has 1 aromatic carbocycles. The normalized spacial score (nSPS) is 23.4. The molecule has 34 heavy (non-hydrogen) atoms. The molecule has 0 aliphatic carbocycles. The zero-order chi connectivity index (χ0) is 23.3. The number of rotatable bonds is 6. The molecule has 5 heterocycles. The van der Waals surface area contributed by atoms with Crippen LogP contribution in [-0.4, -0.2) is 80.6 Å². The number of hydrogen-bond donors (Lipinski definition) is 1. The van der Waals surface area contributed by atoms with Gasteiger partial charge in [-0.1, -0.05) is 13.0 Å². The fourth-order valence-corrected chi connectivity index (χ4v) is 4.87. The first-order valence-electron chi connectivity index (χ1n) is 11.5. The fraction of sp³-hybridized carbons (Fsp3) is 0.417. The van der Waals surface area contributed by atoms with Gasteiger partial charge in [0.05, 0.1) is 43.4 Å². The van der Waals surface area contributed by atoms with Crippen molar-refractivity contribution in [3.8, 4) is 17.0 Å². The Balaban J connectivity index is 1.34. The van der Waals surface area contributed by atoms with E-state index >= 15 is 4.39 Å². The second-order valence-corrected chi connectivity index (χ2v) is 8.93. The summed E-state index contributed by atoms with van der Waals surface area (Å²) in [5, 5.41) is 7.89. The zero-order valence-corrected chi connectivity index (χ0v) is 19.1. The highest BCUT2D eigenvalue weighted by Crippen LogP contribution is 2.35. The minimum absolute atomic E-state index is 0.282. The summed E-state index contributed by atoms with van der Waals surface area (Å²) < 4.78 is 28.4. The Bertz CT molecular complexity index is 1360. The van der Waals surface area contributed by atoms with Gasteiger partial charge in [0.1, 0.15) is 11.2 Å². The van der Waals surface area contributed by atoms with E-state index in [9.17, 15) is 0 Å². The Labute approximate surface area is 195 Å². The molecule has 2 atom stereocenters. The molecule has 10 heteroatoms. The summed E-state index contributed by atoms with van der Waals surface area (Å²) in [5.41, 5.74) is 2.88. The molecule has 2 saturated heterocycles. The zero-order valence-electron chi connectivity index (χ0n) is 19.1. The molecular weight excluding hydrogens is 437 g/mol. The van der Waals surface area contributed by atoms with Gasteiger partial charge in [-0.3, -0.25) is 14.9 Å². The van der Waals surface area contributed by atoms with Crippen molar-refractivity contribution in [2.45, 2.75) is 31.1 Å². The predicted octanol–water partition coefficient (Wildman–Crippen LogP) is 2.96. The Morgan fingerprint density at radius 1 is 1.21 bits per heavy atom. The SMILES string of the molecule is CCC1(F)CN(C2COC2)C[C@@H]1Nc1nc(OC)c2c(-c3ccc4nccnc4c3)ccn2n1. The minimum atomic E-state index is -1.37. The first kappa shape index (κ1) is 21.2. The number of likely N-dealkylation sites (tertiary alicyclic amines) is 1. The van der Waals surface area contributed by atoms with E-state index in [1.165, 1.54) is 0 Å². The quantitative estimate of drug-likeness (QED) is 0.467. The third kappa shape index (κ3) is 3.45. The van der Waals surface area contributed by atoms with Crippen LogP contribution >= 0.6 is 0 Å². The lowest BCUT2D eigenvalue weighted by atomic mass is 9.97. The molecule has 0 saturated carbocycles. The van der Waals surface area contributed by atoms with Crippen LogP contribution in [0.5, 0.6) is 5.88 Å². The van der Waals surface area contributed by atoms with Crippen LogP contribution in [0.25, 0.3) is 27.7 Å². The van der Waals surface area contributed by atoms with E-state index in [2.05, 4.69) is 30.3 Å². The molecule has 0 spiro atoms. The lowest BCUT2D eigenvalue weighted by molar-refractivity contribution is -0.0613. The number of benzene rings is 1. The van der Waals surface area contributed by atoms with Crippen LogP contribution in [0.3, 0.4) is 0 Å². The Morgan fingerprint density at radius 2 is 2.03 bits per heavy atom. The second kappa shape index (κ2) is 8.14. The molecule has 0 bridgehead atoms. The van der Waals surface area contributed by atoms with Crippen molar-refractivity contribution >= 4 is 22.5 Å². The number of ether oxygens (including phenoxy) is 2. The molecule has 2 aliphatic rings. The summed E-state index contributed by atoms with van der Waals surface area (Å²) in [6, 6.07) is 7.74. The van der Waals surface area contributed by atoms with Crippen LogP contribution in [0, 0.1) is 0 Å². The summed E-state index contributed by atoms with van der Waals surface area (Å²) in [6.45, 7) is 4.17. The molecule has 1 N–H and O–H groups in total. The largest absolute Gasteiger partial charge is 0.479 e. The first-order chi connectivity index (χ1) is 16.6. The van der Waals surface area contributed by atoms with E-state index < -0.39 is 11.7 Å². The number of fused-ring (bicyclic) bond motifs is 2. The minimum Gasteiger partial charge on any atom is -0.479 e. The van der Waals surface area contributed by atoms with Gasteiger partial charge < -0.3 is 14.8 Å². The summed E-state index contributed by atoms with van der Waals surface area (Å²) in [7, 11) is 1.58. The van der Waals surface area contributed by atoms with Crippen LogP contribution in [0.4, 0.5) is 10.3 Å². The first-order valence-corrected chi connectivity index (χ1v) is 11.5. The van der Waals surface area contributed by atoms with Gasteiger partial charge in [-0.15, -0.1) is 5.10 Å². The number of halogens is 1. The summed E-state index contributed by atoms with van der Waals surface area (Å²) in [5.74, 6) is 0.753. The maximum absolute atomic E-state index is 15.8. The lowest BCUT2D eigenvalue weighted by Crippen LogP contribution is -2.48. The molecule has 6 rings (SSSR count). The second-order valence-electron chi connectivity index (χ2n) is 8.93. The highest BCUT2D eigenvalue weighted by molar-refractivity contribution is 5.89. The van der Waals surface area contributed by atoms with Gasteiger partial charge >= 0.3 is 0 Å². The van der Waals surface area contributed by atoms with E-state index in [1.54, 1.807) is 24.0 Å². The summed E-state index contributed by atoms with van der Waals surface area (Å²) in [4.78, 5) is 15.5. The maximum atomic E-state index is 15.8. The maximum Gasteiger partial charge on any atom is 0.244 e. The van der Waals surface area contributed by atoms with Gasteiger partial charge in [-0.05, 0) is 30.2 Å². The van der Waals surface area contributed by atoms with E-state index in [4.69, 9.17) is 9.47 Å². The fourth-order valence-electron chi connectivity index (χ4n) is 4.87. The Hall–Kier alpha value is -3.37. The topological polar surface area (TPSA) is 89.7 Å². The molecule has 9 nitrogen and oxygen atoms in total. The smallest absolute Gasteiger partial charge is 0.244 e.